The largest absolute Gasteiger partial charge is 0.493 e. The lowest BCUT2D eigenvalue weighted by Gasteiger charge is -2.23. The summed E-state index contributed by atoms with van der Waals surface area (Å²) in [5.74, 6) is 1.03. The topological polar surface area (TPSA) is 47.6 Å². The van der Waals surface area contributed by atoms with E-state index in [4.69, 9.17) is 9.47 Å². The van der Waals surface area contributed by atoms with Gasteiger partial charge in [0, 0.05) is 25.7 Å². The Hall–Kier alpha value is -1.55. The zero-order valence-corrected chi connectivity index (χ0v) is 15.2. The molecule has 1 aromatic rings. The van der Waals surface area contributed by atoms with E-state index >= 15 is 0 Å². The highest BCUT2D eigenvalue weighted by molar-refractivity contribution is 5.81. The minimum absolute atomic E-state index is 0.0975. The second kappa shape index (κ2) is 9.56. The Morgan fingerprint density at radius 2 is 1.91 bits per heavy atom. The van der Waals surface area contributed by atoms with Crippen molar-refractivity contribution < 1.29 is 14.3 Å². The van der Waals surface area contributed by atoms with Crippen molar-refractivity contribution >= 4 is 5.91 Å². The van der Waals surface area contributed by atoms with Gasteiger partial charge in [-0.2, -0.15) is 0 Å². The van der Waals surface area contributed by atoms with Gasteiger partial charge in [0.25, 0.3) is 0 Å². The van der Waals surface area contributed by atoms with Gasteiger partial charge in [0.05, 0.1) is 6.61 Å². The van der Waals surface area contributed by atoms with E-state index < -0.39 is 0 Å². The number of amides is 1. The van der Waals surface area contributed by atoms with Crippen molar-refractivity contribution in [2.45, 2.75) is 47.0 Å². The lowest BCUT2D eigenvalue weighted by atomic mass is 9.87. The molecule has 0 fully saturated rings. The molecule has 0 radical (unpaired) electrons. The molecule has 0 aliphatic heterocycles. The molecule has 0 heterocycles. The van der Waals surface area contributed by atoms with Gasteiger partial charge in [-0.15, -0.1) is 0 Å². The third kappa shape index (κ3) is 7.04. The maximum absolute atomic E-state index is 12.2. The molecule has 0 saturated heterocycles. The molecule has 0 bridgehead atoms. The summed E-state index contributed by atoms with van der Waals surface area (Å²) in [6.07, 6.45) is 2.49. The van der Waals surface area contributed by atoms with Gasteiger partial charge in [-0.1, -0.05) is 26.0 Å². The van der Waals surface area contributed by atoms with E-state index in [0.29, 0.717) is 19.8 Å². The van der Waals surface area contributed by atoms with Gasteiger partial charge >= 0.3 is 0 Å². The summed E-state index contributed by atoms with van der Waals surface area (Å²) in [6.45, 7) is 10.0. The minimum atomic E-state index is -0.377. The van der Waals surface area contributed by atoms with E-state index in [0.717, 1.165) is 30.6 Å². The van der Waals surface area contributed by atoms with Crippen molar-refractivity contribution in [3.05, 3.63) is 29.3 Å². The average molecular weight is 321 g/mol. The molecule has 0 aromatic heterocycles. The molecular weight excluding hydrogens is 290 g/mol. The zero-order chi connectivity index (χ0) is 17.3. The third-order valence-electron chi connectivity index (χ3n) is 3.97. The monoisotopic (exact) mass is 321 g/mol. The van der Waals surface area contributed by atoms with Crippen molar-refractivity contribution in [3.8, 4) is 5.75 Å². The first-order valence-corrected chi connectivity index (χ1v) is 8.34. The van der Waals surface area contributed by atoms with Crippen molar-refractivity contribution in [1.82, 2.24) is 5.32 Å². The molecule has 0 aliphatic rings. The summed E-state index contributed by atoms with van der Waals surface area (Å²) in [7, 11) is 1.67. The predicted octanol–water partition coefficient (Wildman–Crippen LogP) is 3.64. The van der Waals surface area contributed by atoms with E-state index in [2.05, 4.69) is 30.4 Å². The number of carbonyl (C=O) groups excluding carboxylic acids is 1. The minimum Gasteiger partial charge on any atom is -0.493 e. The molecule has 130 valence electrons. The lowest BCUT2D eigenvalue weighted by Crippen LogP contribution is -2.37. The fourth-order valence-electron chi connectivity index (χ4n) is 2.33. The van der Waals surface area contributed by atoms with E-state index in [1.165, 1.54) is 5.56 Å². The molecule has 0 unspecified atom stereocenters. The third-order valence-corrected chi connectivity index (χ3v) is 3.97. The number of hydrogen-bond donors (Lipinski definition) is 1. The van der Waals surface area contributed by atoms with Crippen molar-refractivity contribution in [2.75, 3.05) is 26.9 Å². The molecule has 1 aromatic carbocycles. The maximum Gasteiger partial charge on any atom is 0.225 e. The van der Waals surface area contributed by atoms with Crippen molar-refractivity contribution in [3.63, 3.8) is 0 Å². The summed E-state index contributed by atoms with van der Waals surface area (Å²) in [5.41, 5.74) is 1.96. The first-order chi connectivity index (χ1) is 10.9. The maximum atomic E-state index is 12.2. The van der Waals surface area contributed by atoms with Crippen LogP contribution in [-0.2, 0) is 9.53 Å². The van der Waals surface area contributed by atoms with Gasteiger partial charge in [-0.25, -0.2) is 0 Å². The summed E-state index contributed by atoms with van der Waals surface area (Å²) < 4.78 is 10.8. The Kier molecular flexibility index (Phi) is 8.10. The van der Waals surface area contributed by atoms with E-state index in [1.807, 2.05) is 20.8 Å². The highest BCUT2D eigenvalue weighted by Crippen LogP contribution is 2.24. The van der Waals surface area contributed by atoms with Crippen LogP contribution in [0.1, 0.15) is 44.2 Å². The molecule has 1 rings (SSSR count). The SMILES string of the molecule is COCCCNC(=O)C(C)(C)CCCOc1cc(C)ccc1C. The van der Waals surface area contributed by atoms with Crippen LogP contribution in [0.5, 0.6) is 5.75 Å². The van der Waals surface area contributed by atoms with E-state index in [1.54, 1.807) is 7.11 Å². The summed E-state index contributed by atoms with van der Waals surface area (Å²) >= 11 is 0. The molecule has 0 atom stereocenters. The first kappa shape index (κ1) is 19.5. The highest BCUT2D eigenvalue weighted by Gasteiger charge is 2.26. The molecular formula is C19H31NO3. The Morgan fingerprint density at radius 3 is 2.61 bits per heavy atom. The van der Waals surface area contributed by atoms with Crippen molar-refractivity contribution in [2.24, 2.45) is 5.41 Å². The Labute approximate surface area is 140 Å². The molecule has 0 saturated carbocycles. The van der Waals surface area contributed by atoms with E-state index in [9.17, 15) is 4.79 Å². The quantitative estimate of drug-likeness (QED) is 0.669. The van der Waals surface area contributed by atoms with Crippen LogP contribution in [0.2, 0.25) is 0 Å². The number of carbonyl (C=O) groups is 1. The van der Waals surface area contributed by atoms with Gasteiger partial charge in [-0.3, -0.25) is 4.79 Å². The number of ether oxygens (including phenoxy) is 2. The fraction of sp³-hybridized carbons (Fsp3) is 0.632. The molecule has 23 heavy (non-hydrogen) atoms. The van der Waals surface area contributed by atoms with Gasteiger partial charge in [0.1, 0.15) is 5.75 Å². The Balaban J connectivity index is 2.32. The molecule has 0 spiro atoms. The molecule has 1 N–H and O–H groups in total. The number of nitrogens with one attached hydrogen (secondary N) is 1. The number of aryl methyl sites for hydroxylation is 2. The predicted molar refractivity (Wildman–Crippen MR) is 93.9 cm³/mol. The highest BCUT2D eigenvalue weighted by atomic mass is 16.5. The molecule has 1 amide bonds. The van der Waals surface area contributed by atoms with Crippen LogP contribution in [0.4, 0.5) is 0 Å². The van der Waals surface area contributed by atoms with Crippen molar-refractivity contribution in [1.29, 1.82) is 0 Å². The smallest absolute Gasteiger partial charge is 0.225 e. The standard InChI is InChI=1S/C19H31NO3/c1-15-8-9-16(2)17(14-15)23-13-6-10-19(3,4)18(21)20-11-7-12-22-5/h8-9,14H,6-7,10-13H2,1-5H3,(H,20,21). The number of benzene rings is 1. The summed E-state index contributed by atoms with van der Waals surface area (Å²) in [4.78, 5) is 12.2. The van der Waals surface area contributed by atoms with Crippen LogP contribution in [-0.4, -0.2) is 32.8 Å². The first-order valence-electron chi connectivity index (χ1n) is 8.34. The Morgan fingerprint density at radius 1 is 1.17 bits per heavy atom. The van der Waals surface area contributed by atoms with Gasteiger partial charge < -0.3 is 14.8 Å². The fourth-order valence-corrected chi connectivity index (χ4v) is 2.33. The van der Waals surface area contributed by atoms with Crippen LogP contribution in [0.25, 0.3) is 0 Å². The lowest BCUT2D eigenvalue weighted by molar-refractivity contribution is -0.129. The average Bonchev–Trinajstić information content (AvgIpc) is 2.51. The molecule has 4 heteroatoms. The normalized spacial score (nSPS) is 11.3. The summed E-state index contributed by atoms with van der Waals surface area (Å²) in [5, 5.41) is 2.97. The number of rotatable bonds is 10. The second-order valence-corrected chi connectivity index (χ2v) is 6.71. The van der Waals surface area contributed by atoms with Gasteiger partial charge in [0.15, 0.2) is 0 Å². The van der Waals surface area contributed by atoms with Crippen LogP contribution in [0.15, 0.2) is 18.2 Å². The van der Waals surface area contributed by atoms with Crippen LogP contribution >= 0.6 is 0 Å². The second-order valence-electron chi connectivity index (χ2n) is 6.71. The van der Waals surface area contributed by atoms with Crippen LogP contribution in [0.3, 0.4) is 0 Å². The van der Waals surface area contributed by atoms with Gasteiger partial charge in [0.2, 0.25) is 5.91 Å². The van der Waals surface area contributed by atoms with E-state index in [-0.39, 0.29) is 11.3 Å². The van der Waals surface area contributed by atoms with Crippen LogP contribution < -0.4 is 10.1 Å². The summed E-state index contributed by atoms with van der Waals surface area (Å²) in [6, 6.07) is 6.21. The Bertz CT molecular complexity index is 497. The zero-order valence-electron chi connectivity index (χ0n) is 15.2. The number of methoxy groups -OCH3 is 1. The molecule has 0 aliphatic carbocycles. The van der Waals surface area contributed by atoms with Gasteiger partial charge in [-0.05, 0) is 50.3 Å². The van der Waals surface area contributed by atoms with Crippen LogP contribution in [0, 0.1) is 19.3 Å². The molecule has 4 nitrogen and oxygen atoms in total. The number of hydrogen-bond acceptors (Lipinski definition) is 3.